The van der Waals surface area contributed by atoms with Gasteiger partial charge in [-0.1, -0.05) is 19.1 Å². The van der Waals surface area contributed by atoms with Gasteiger partial charge in [0.2, 0.25) is 0 Å². The SMILES string of the molecule is CCNC(=NCc1ccc(C)cc1OC1CCOC1)NCCn1cnnc1CC.I. The number of halogens is 1. The van der Waals surface area contributed by atoms with Crippen LogP contribution in [0.2, 0.25) is 0 Å². The summed E-state index contributed by atoms with van der Waals surface area (Å²) in [4.78, 5) is 4.75. The zero-order chi connectivity index (χ0) is 20.5. The first-order valence-electron chi connectivity index (χ1n) is 10.4. The lowest BCUT2D eigenvalue weighted by Gasteiger charge is -2.16. The fourth-order valence-electron chi connectivity index (χ4n) is 3.23. The van der Waals surface area contributed by atoms with Crippen molar-refractivity contribution in [3.63, 3.8) is 0 Å². The first-order valence-corrected chi connectivity index (χ1v) is 10.4. The molecule has 8 nitrogen and oxygen atoms in total. The Bertz CT molecular complexity index is 805. The summed E-state index contributed by atoms with van der Waals surface area (Å²) in [5.74, 6) is 2.68. The standard InChI is InChI=1S/C21H32N6O2.HI/c1-4-20-26-25-15-27(20)10-9-23-21(22-5-2)24-13-17-7-6-16(3)12-19(17)29-18-8-11-28-14-18;/h6-7,12,15,18H,4-5,8-11,13-14H2,1-3H3,(H2,22,23,24);1H. The first kappa shape index (κ1) is 24.4. The van der Waals surface area contributed by atoms with Crippen molar-refractivity contribution in [1.29, 1.82) is 0 Å². The van der Waals surface area contributed by atoms with Gasteiger partial charge in [0.15, 0.2) is 5.96 Å². The third-order valence-corrected chi connectivity index (χ3v) is 4.81. The Morgan fingerprint density at radius 1 is 1.33 bits per heavy atom. The fraction of sp³-hybridized carbons (Fsp3) is 0.571. The molecule has 1 unspecified atom stereocenters. The number of hydrogen-bond acceptors (Lipinski definition) is 5. The van der Waals surface area contributed by atoms with Crippen molar-refractivity contribution < 1.29 is 9.47 Å². The minimum Gasteiger partial charge on any atom is -0.488 e. The summed E-state index contributed by atoms with van der Waals surface area (Å²) < 4.78 is 13.7. The number of aliphatic imine (C=N–C) groups is 1. The summed E-state index contributed by atoms with van der Waals surface area (Å²) >= 11 is 0. The van der Waals surface area contributed by atoms with Gasteiger partial charge in [-0.05, 0) is 25.5 Å². The average molecular weight is 528 g/mol. The average Bonchev–Trinajstić information content (AvgIpc) is 3.39. The van der Waals surface area contributed by atoms with Crippen molar-refractivity contribution in [3.05, 3.63) is 41.5 Å². The van der Waals surface area contributed by atoms with E-state index in [0.29, 0.717) is 13.2 Å². The lowest BCUT2D eigenvalue weighted by Crippen LogP contribution is -2.39. The van der Waals surface area contributed by atoms with E-state index in [2.05, 4.69) is 64.4 Å². The predicted molar refractivity (Wildman–Crippen MR) is 129 cm³/mol. The largest absolute Gasteiger partial charge is 0.488 e. The molecule has 166 valence electrons. The molecule has 1 aromatic heterocycles. The van der Waals surface area contributed by atoms with Gasteiger partial charge in [0.05, 0.1) is 19.8 Å². The molecule has 0 radical (unpaired) electrons. The quantitative estimate of drug-likeness (QED) is 0.296. The highest BCUT2D eigenvalue weighted by Crippen LogP contribution is 2.24. The number of ether oxygens (including phenoxy) is 2. The van der Waals surface area contributed by atoms with Crippen LogP contribution in [0.5, 0.6) is 5.75 Å². The van der Waals surface area contributed by atoms with Gasteiger partial charge in [0.1, 0.15) is 24.0 Å². The minimum atomic E-state index is 0. The smallest absolute Gasteiger partial charge is 0.191 e. The number of aromatic nitrogens is 3. The molecule has 1 aliphatic rings. The van der Waals surface area contributed by atoms with Crippen LogP contribution in [0.3, 0.4) is 0 Å². The van der Waals surface area contributed by atoms with Crippen LogP contribution in [-0.2, 0) is 24.2 Å². The molecule has 1 aliphatic heterocycles. The number of hydrogen-bond donors (Lipinski definition) is 2. The third kappa shape index (κ3) is 7.12. The molecular formula is C21H33IN6O2. The maximum atomic E-state index is 6.18. The molecule has 0 amide bonds. The Morgan fingerprint density at radius 2 is 2.20 bits per heavy atom. The number of rotatable bonds is 9. The van der Waals surface area contributed by atoms with Crippen molar-refractivity contribution in [3.8, 4) is 5.75 Å². The normalized spacial score (nSPS) is 16.2. The van der Waals surface area contributed by atoms with Crippen LogP contribution in [0, 0.1) is 6.92 Å². The summed E-state index contributed by atoms with van der Waals surface area (Å²) in [5, 5.41) is 14.8. The van der Waals surface area contributed by atoms with E-state index in [4.69, 9.17) is 14.5 Å². The molecule has 9 heteroatoms. The van der Waals surface area contributed by atoms with Crippen LogP contribution in [0.15, 0.2) is 29.5 Å². The van der Waals surface area contributed by atoms with Gasteiger partial charge in [-0.15, -0.1) is 34.2 Å². The molecule has 0 bridgehead atoms. The number of aryl methyl sites for hydroxylation is 2. The van der Waals surface area contributed by atoms with Gasteiger partial charge in [-0.25, -0.2) is 4.99 Å². The lowest BCUT2D eigenvalue weighted by molar-refractivity contribution is 0.140. The van der Waals surface area contributed by atoms with Crippen molar-refractivity contribution in [2.24, 2.45) is 4.99 Å². The van der Waals surface area contributed by atoms with Gasteiger partial charge in [0, 0.05) is 38.0 Å². The highest BCUT2D eigenvalue weighted by Gasteiger charge is 2.18. The molecule has 3 rings (SSSR count). The molecule has 2 heterocycles. The first-order chi connectivity index (χ1) is 14.2. The highest BCUT2D eigenvalue weighted by molar-refractivity contribution is 14.0. The van der Waals surface area contributed by atoms with Gasteiger partial charge < -0.3 is 24.7 Å². The van der Waals surface area contributed by atoms with Crippen molar-refractivity contribution in [2.45, 2.75) is 52.8 Å². The molecule has 2 aromatic rings. The molecule has 1 aromatic carbocycles. The predicted octanol–water partition coefficient (Wildman–Crippen LogP) is 2.69. The fourth-order valence-corrected chi connectivity index (χ4v) is 3.23. The third-order valence-electron chi connectivity index (χ3n) is 4.81. The molecule has 1 fully saturated rings. The van der Waals surface area contributed by atoms with Gasteiger partial charge in [0.25, 0.3) is 0 Å². The summed E-state index contributed by atoms with van der Waals surface area (Å²) in [7, 11) is 0. The lowest BCUT2D eigenvalue weighted by atomic mass is 10.1. The second kappa shape index (κ2) is 12.7. The van der Waals surface area contributed by atoms with E-state index in [1.54, 1.807) is 6.33 Å². The second-order valence-corrected chi connectivity index (χ2v) is 7.13. The van der Waals surface area contributed by atoms with E-state index in [9.17, 15) is 0 Å². The van der Waals surface area contributed by atoms with Crippen LogP contribution in [-0.4, -0.2) is 53.1 Å². The Hall–Kier alpha value is -1.88. The van der Waals surface area contributed by atoms with Crippen LogP contribution in [0.25, 0.3) is 0 Å². The Labute approximate surface area is 195 Å². The molecule has 0 saturated carbocycles. The second-order valence-electron chi connectivity index (χ2n) is 7.13. The van der Waals surface area contributed by atoms with Gasteiger partial charge in [-0.2, -0.15) is 0 Å². The highest BCUT2D eigenvalue weighted by atomic mass is 127. The zero-order valence-corrected chi connectivity index (χ0v) is 20.4. The molecule has 0 spiro atoms. The zero-order valence-electron chi connectivity index (χ0n) is 18.1. The summed E-state index contributed by atoms with van der Waals surface area (Å²) in [5.41, 5.74) is 2.25. The van der Waals surface area contributed by atoms with E-state index in [-0.39, 0.29) is 30.1 Å². The Morgan fingerprint density at radius 3 is 2.93 bits per heavy atom. The van der Waals surface area contributed by atoms with E-state index >= 15 is 0 Å². The monoisotopic (exact) mass is 528 g/mol. The van der Waals surface area contributed by atoms with Crippen LogP contribution >= 0.6 is 24.0 Å². The van der Waals surface area contributed by atoms with Crippen molar-refractivity contribution >= 4 is 29.9 Å². The topological polar surface area (TPSA) is 85.6 Å². The number of nitrogens with zero attached hydrogens (tertiary/aromatic N) is 4. The van der Waals surface area contributed by atoms with E-state index in [0.717, 1.165) is 62.2 Å². The molecule has 30 heavy (non-hydrogen) atoms. The molecular weight excluding hydrogens is 495 g/mol. The Kier molecular flexibility index (Phi) is 10.4. The maximum Gasteiger partial charge on any atom is 0.191 e. The minimum absolute atomic E-state index is 0. The number of nitrogens with one attached hydrogen (secondary N) is 2. The maximum absolute atomic E-state index is 6.18. The van der Waals surface area contributed by atoms with Gasteiger partial charge in [-0.3, -0.25) is 0 Å². The van der Waals surface area contributed by atoms with E-state index in [1.165, 1.54) is 5.56 Å². The van der Waals surface area contributed by atoms with E-state index < -0.39 is 0 Å². The summed E-state index contributed by atoms with van der Waals surface area (Å²) in [6, 6.07) is 6.28. The number of guanidine groups is 1. The van der Waals surface area contributed by atoms with Crippen LogP contribution in [0.1, 0.15) is 37.2 Å². The van der Waals surface area contributed by atoms with E-state index in [1.807, 2.05) is 0 Å². The summed E-state index contributed by atoms with van der Waals surface area (Å²) in [6.45, 7) is 10.5. The van der Waals surface area contributed by atoms with Crippen LogP contribution in [0.4, 0.5) is 0 Å². The van der Waals surface area contributed by atoms with Crippen molar-refractivity contribution in [1.82, 2.24) is 25.4 Å². The molecule has 0 aliphatic carbocycles. The molecule has 1 atom stereocenters. The van der Waals surface area contributed by atoms with Crippen molar-refractivity contribution in [2.75, 3.05) is 26.3 Å². The summed E-state index contributed by atoms with van der Waals surface area (Å²) in [6.07, 6.45) is 3.70. The van der Waals surface area contributed by atoms with Crippen LogP contribution < -0.4 is 15.4 Å². The van der Waals surface area contributed by atoms with Gasteiger partial charge >= 0.3 is 0 Å². The number of benzene rings is 1. The molecule has 2 N–H and O–H groups in total. The Balaban J connectivity index is 0.00000320. The molecule has 1 saturated heterocycles.